The highest BCUT2D eigenvalue weighted by Gasteiger charge is 2.15. The molecule has 0 aromatic heterocycles. The summed E-state index contributed by atoms with van der Waals surface area (Å²) >= 11 is 38.3. The topological polar surface area (TPSA) is 27.7 Å². The van der Waals surface area contributed by atoms with Crippen LogP contribution < -0.4 is 14.2 Å². The van der Waals surface area contributed by atoms with Crippen LogP contribution in [0.3, 0.4) is 0 Å². The minimum atomic E-state index is 0.221. The van der Waals surface area contributed by atoms with E-state index in [1.807, 2.05) is 36.4 Å². The molecule has 0 aliphatic carbocycles. The zero-order chi connectivity index (χ0) is 32.5. The van der Waals surface area contributed by atoms with Gasteiger partial charge in [0.15, 0.2) is 0 Å². The lowest BCUT2D eigenvalue weighted by atomic mass is 10.1. The second-order valence-electron chi connectivity index (χ2n) is 10.1. The van der Waals surface area contributed by atoms with E-state index in [9.17, 15) is 0 Å². The first-order valence-corrected chi connectivity index (χ1v) is 16.1. The largest absolute Gasteiger partial charge is 0.487 e. The van der Waals surface area contributed by atoms with Crippen molar-refractivity contribution in [2.45, 2.75) is 39.1 Å². The molecule has 4 aromatic carbocycles. The van der Waals surface area contributed by atoms with Crippen molar-refractivity contribution in [3.8, 4) is 17.2 Å². The molecule has 0 saturated heterocycles. The van der Waals surface area contributed by atoms with Gasteiger partial charge >= 0.3 is 0 Å². The molecule has 0 unspecified atom stereocenters. The predicted molar refractivity (Wildman–Crippen MR) is 191 cm³/mol. The number of benzene rings is 4. The summed E-state index contributed by atoms with van der Waals surface area (Å²) in [4.78, 5) is 0. The number of allylic oxidation sites excluding steroid dienone is 3. The minimum Gasteiger partial charge on any atom is -0.487 e. The van der Waals surface area contributed by atoms with E-state index in [1.165, 1.54) is 0 Å². The maximum atomic E-state index is 6.53. The molecule has 0 aliphatic heterocycles. The van der Waals surface area contributed by atoms with Gasteiger partial charge in [-0.15, -0.1) is 19.7 Å². The van der Waals surface area contributed by atoms with Crippen LogP contribution in [0.25, 0.3) is 0 Å². The molecule has 45 heavy (non-hydrogen) atoms. The third-order valence-corrected chi connectivity index (χ3v) is 8.11. The summed E-state index contributed by atoms with van der Waals surface area (Å²) < 4.78 is 18.8. The molecule has 234 valence electrons. The molecule has 0 fully saturated rings. The van der Waals surface area contributed by atoms with E-state index in [2.05, 4.69) is 19.7 Å². The van der Waals surface area contributed by atoms with Crippen LogP contribution in [0.1, 0.15) is 33.4 Å². The summed E-state index contributed by atoms with van der Waals surface area (Å²) in [5.74, 6) is 1.64. The van der Waals surface area contributed by atoms with Gasteiger partial charge in [0.2, 0.25) is 0 Å². The lowest BCUT2D eigenvalue weighted by Gasteiger charge is -2.17. The average Bonchev–Trinajstić information content (AvgIpc) is 2.96. The van der Waals surface area contributed by atoms with E-state index >= 15 is 0 Å². The fourth-order valence-electron chi connectivity index (χ4n) is 4.80. The Balaban J connectivity index is 1.66. The van der Waals surface area contributed by atoms with Crippen LogP contribution >= 0.6 is 69.6 Å². The third kappa shape index (κ3) is 9.62. The van der Waals surface area contributed by atoms with Gasteiger partial charge in [-0.1, -0.05) is 87.8 Å². The number of hydrogen-bond donors (Lipinski definition) is 0. The quantitative estimate of drug-likeness (QED) is 0.114. The van der Waals surface area contributed by atoms with Crippen molar-refractivity contribution in [3.05, 3.63) is 156 Å². The molecule has 0 aliphatic rings. The highest BCUT2D eigenvalue weighted by Crippen LogP contribution is 2.36. The number of rotatable bonds is 15. The van der Waals surface area contributed by atoms with E-state index < -0.39 is 0 Å². The maximum Gasteiger partial charge on any atom is 0.142 e. The van der Waals surface area contributed by atoms with E-state index in [0.29, 0.717) is 66.6 Å². The van der Waals surface area contributed by atoms with Crippen LogP contribution in [0, 0.1) is 0 Å². The third-order valence-electron chi connectivity index (χ3n) is 6.61. The van der Waals surface area contributed by atoms with Gasteiger partial charge in [-0.2, -0.15) is 0 Å². The van der Waals surface area contributed by atoms with Gasteiger partial charge in [0.05, 0.1) is 15.1 Å². The van der Waals surface area contributed by atoms with Crippen LogP contribution in [0.15, 0.2) is 92.6 Å². The van der Waals surface area contributed by atoms with Crippen molar-refractivity contribution >= 4 is 69.6 Å². The number of hydrogen-bond acceptors (Lipinski definition) is 3. The van der Waals surface area contributed by atoms with Crippen LogP contribution in [-0.2, 0) is 39.1 Å². The number of ether oxygens (including phenoxy) is 3. The van der Waals surface area contributed by atoms with E-state index in [0.717, 1.165) is 33.4 Å². The fourth-order valence-corrected chi connectivity index (χ4v) is 6.57. The highest BCUT2D eigenvalue weighted by atomic mass is 35.5. The Morgan fingerprint density at radius 3 is 0.933 bits per heavy atom. The Morgan fingerprint density at radius 1 is 0.422 bits per heavy atom. The first-order chi connectivity index (χ1) is 21.6. The second-order valence-corrected chi connectivity index (χ2v) is 12.7. The molecule has 4 rings (SSSR count). The summed E-state index contributed by atoms with van der Waals surface area (Å²) in [6, 6.07) is 16.4. The normalized spacial score (nSPS) is 10.8. The predicted octanol–water partition coefficient (Wildman–Crippen LogP) is 12.5. The van der Waals surface area contributed by atoms with Crippen molar-refractivity contribution in [2.75, 3.05) is 0 Å². The van der Waals surface area contributed by atoms with Gasteiger partial charge in [-0.3, -0.25) is 0 Å². The SMILES string of the molecule is C=CCc1cc(Cl)cc(Cl)c1OCc1cc(COc2c(Cl)cc(Cl)cc2CC=C)cc(COc2c(Cl)cc(Cl)cc2CC=C)c1. The molecule has 4 aromatic rings. The van der Waals surface area contributed by atoms with Gasteiger partial charge in [0.25, 0.3) is 0 Å². The standard InChI is InChI=1S/C36H30Cl6O3/c1-4-7-25-13-28(37)16-31(40)34(25)43-19-22-10-23(20-44-35-26(8-5-2)14-29(38)17-32(35)41)12-24(11-22)21-45-36-27(9-6-3)15-30(39)18-33(36)42/h4-6,10-18H,1-3,7-9,19-21H2. The van der Waals surface area contributed by atoms with E-state index in [4.69, 9.17) is 83.8 Å². The number of halogens is 6. The molecule has 0 bridgehead atoms. The molecule has 9 heteroatoms. The molecule has 0 heterocycles. The summed E-state index contributed by atoms with van der Waals surface area (Å²) in [6.07, 6.45) is 6.96. The minimum absolute atomic E-state index is 0.221. The maximum absolute atomic E-state index is 6.53. The van der Waals surface area contributed by atoms with Crippen molar-refractivity contribution in [2.24, 2.45) is 0 Å². The Hall–Kier alpha value is -2.76. The van der Waals surface area contributed by atoms with Crippen LogP contribution in [-0.4, -0.2) is 0 Å². The van der Waals surface area contributed by atoms with Crippen LogP contribution in [0.4, 0.5) is 0 Å². The summed E-state index contributed by atoms with van der Waals surface area (Å²) in [6.45, 7) is 12.2. The van der Waals surface area contributed by atoms with Crippen molar-refractivity contribution in [3.63, 3.8) is 0 Å². The summed E-state index contributed by atoms with van der Waals surface area (Å²) in [5, 5.41) is 2.83. The van der Waals surface area contributed by atoms with Crippen LogP contribution in [0.5, 0.6) is 17.2 Å². The van der Waals surface area contributed by atoms with Gasteiger partial charge < -0.3 is 14.2 Å². The average molecular weight is 723 g/mol. The van der Waals surface area contributed by atoms with E-state index in [1.54, 1.807) is 36.4 Å². The molecule has 0 amide bonds. The Morgan fingerprint density at radius 2 is 0.689 bits per heavy atom. The molecular weight excluding hydrogens is 693 g/mol. The Labute approximate surface area is 294 Å². The van der Waals surface area contributed by atoms with Crippen LogP contribution in [0.2, 0.25) is 30.1 Å². The van der Waals surface area contributed by atoms with Crippen molar-refractivity contribution < 1.29 is 14.2 Å². The molecule has 3 nitrogen and oxygen atoms in total. The van der Waals surface area contributed by atoms with Crippen molar-refractivity contribution in [1.82, 2.24) is 0 Å². The van der Waals surface area contributed by atoms with Gasteiger partial charge in [0, 0.05) is 31.8 Å². The fraction of sp³-hybridized carbons (Fsp3) is 0.167. The molecule has 0 atom stereocenters. The van der Waals surface area contributed by atoms with Crippen molar-refractivity contribution in [1.29, 1.82) is 0 Å². The zero-order valence-electron chi connectivity index (χ0n) is 24.3. The first-order valence-electron chi connectivity index (χ1n) is 13.9. The molecule has 0 spiro atoms. The van der Waals surface area contributed by atoms with Gasteiger partial charge in [-0.05, 0) is 90.6 Å². The lowest BCUT2D eigenvalue weighted by molar-refractivity contribution is 0.291. The molecule has 0 radical (unpaired) electrons. The Bertz CT molecular complexity index is 1510. The Kier molecular flexibility index (Phi) is 13.0. The zero-order valence-corrected chi connectivity index (χ0v) is 28.8. The smallest absolute Gasteiger partial charge is 0.142 e. The summed E-state index contributed by atoms with van der Waals surface area (Å²) in [7, 11) is 0. The second kappa shape index (κ2) is 16.7. The molecular formula is C36H30Cl6O3. The summed E-state index contributed by atoms with van der Waals surface area (Å²) in [5.41, 5.74) is 5.12. The van der Waals surface area contributed by atoms with E-state index in [-0.39, 0.29) is 19.8 Å². The molecule has 0 saturated carbocycles. The van der Waals surface area contributed by atoms with Gasteiger partial charge in [-0.25, -0.2) is 0 Å². The molecule has 0 N–H and O–H groups in total. The monoisotopic (exact) mass is 720 g/mol. The van der Waals surface area contributed by atoms with Gasteiger partial charge in [0.1, 0.15) is 37.1 Å². The first kappa shape index (κ1) is 35.1. The highest BCUT2D eigenvalue weighted by molar-refractivity contribution is 6.36. The lowest BCUT2D eigenvalue weighted by Crippen LogP contribution is -2.06.